The van der Waals surface area contributed by atoms with Crippen LogP contribution in [0.1, 0.15) is 23.6 Å². The van der Waals surface area contributed by atoms with Crippen molar-refractivity contribution in [3.05, 3.63) is 71.0 Å². The summed E-state index contributed by atoms with van der Waals surface area (Å²) < 4.78 is 51.0. The van der Waals surface area contributed by atoms with E-state index in [4.69, 9.17) is 5.73 Å². The zero-order chi connectivity index (χ0) is 15.7. The maximum absolute atomic E-state index is 12.9. The van der Waals surface area contributed by atoms with Gasteiger partial charge in [-0.15, -0.1) is 0 Å². The Morgan fingerprint density at radius 2 is 1.57 bits per heavy atom. The fraction of sp³-hybridized carbons (Fsp3) is 0.250. The minimum absolute atomic E-state index is 0.225. The Hall–Kier alpha value is -1.88. The number of alkyl halides is 3. The Labute approximate surface area is 120 Å². The van der Waals surface area contributed by atoms with E-state index in [1.165, 1.54) is 18.2 Å². The maximum Gasteiger partial charge on any atom is 0.416 e. The molecule has 2 aromatic carbocycles. The standard InChI is InChI=1S/C16H15F4N/c1-15(21,12-5-7-14(17)8-6-12)10-11-3-2-4-13(9-11)16(18,19)20/h2-9H,10,21H2,1H3. The van der Waals surface area contributed by atoms with Gasteiger partial charge < -0.3 is 5.73 Å². The van der Waals surface area contributed by atoms with Crippen molar-refractivity contribution >= 4 is 0 Å². The molecule has 0 radical (unpaired) electrons. The topological polar surface area (TPSA) is 26.0 Å². The molecule has 0 amide bonds. The van der Waals surface area contributed by atoms with Gasteiger partial charge in [0.25, 0.3) is 0 Å². The fourth-order valence-electron chi connectivity index (χ4n) is 2.21. The minimum atomic E-state index is -4.38. The molecule has 112 valence electrons. The second kappa shape index (κ2) is 5.48. The normalized spacial score (nSPS) is 14.8. The van der Waals surface area contributed by atoms with E-state index >= 15 is 0 Å². The lowest BCUT2D eigenvalue weighted by Gasteiger charge is -2.26. The van der Waals surface area contributed by atoms with Crippen LogP contribution in [-0.4, -0.2) is 0 Å². The summed E-state index contributed by atoms with van der Waals surface area (Å²) in [6.45, 7) is 1.71. The highest BCUT2D eigenvalue weighted by molar-refractivity contribution is 5.31. The molecule has 0 aliphatic heterocycles. The smallest absolute Gasteiger partial charge is 0.321 e. The summed E-state index contributed by atoms with van der Waals surface area (Å²) in [5.74, 6) is -0.381. The van der Waals surface area contributed by atoms with E-state index < -0.39 is 17.3 Å². The quantitative estimate of drug-likeness (QED) is 0.842. The molecule has 0 fully saturated rings. The molecule has 2 rings (SSSR count). The molecule has 2 N–H and O–H groups in total. The zero-order valence-corrected chi connectivity index (χ0v) is 11.4. The van der Waals surface area contributed by atoms with Gasteiger partial charge in [0, 0.05) is 5.54 Å². The average Bonchev–Trinajstić information content (AvgIpc) is 2.38. The number of rotatable bonds is 3. The second-order valence-corrected chi connectivity index (χ2v) is 5.30. The van der Waals surface area contributed by atoms with Crippen LogP contribution in [0.25, 0.3) is 0 Å². The first-order valence-corrected chi connectivity index (χ1v) is 6.39. The predicted octanol–water partition coefficient (Wildman–Crippen LogP) is 4.26. The molecule has 21 heavy (non-hydrogen) atoms. The molecule has 1 unspecified atom stereocenters. The number of halogens is 4. The molecule has 0 bridgehead atoms. The van der Waals surface area contributed by atoms with E-state index in [2.05, 4.69) is 0 Å². The highest BCUT2D eigenvalue weighted by Crippen LogP contribution is 2.31. The summed E-state index contributed by atoms with van der Waals surface area (Å²) in [5, 5.41) is 0. The van der Waals surface area contributed by atoms with Crippen molar-refractivity contribution in [3.63, 3.8) is 0 Å². The van der Waals surface area contributed by atoms with Gasteiger partial charge in [0.15, 0.2) is 0 Å². The van der Waals surface area contributed by atoms with Crippen molar-refractivity contribution in [2.75, 3.05) is 0 Å². The summed E-state index contributed by atoms with van der Waals surface area (Å²) in [6, 6.07) is 10.7. The highest BCUT2D eigenvalue weighted by Gasteiger charge is 2.31. The first-order chi connectivity index (χ1) is 9.68. The summed E-state index contributed by atoms with van der Waals surface area (Å²) >= 11 is 0. The minimum Gasteiger partial charge on any atom is -0.321 e. The van der Waals surface area contributed by atoms with E-state index in [0.717, 1.165) is 12.1 Å². The van der Waals surface area contributed by atoms with E-state index in [1.54, 1.807) is 25.1 Å². The van der Waals surface area contributed by atoms with Crippen molar-refractivity contribution in [1.29, 1.82) is 0 Å². The number of benzene rings is 2. The average molecular weight is 297 g/mol. The van der Waals surface area contributed by atoms with Gasteiger partial charge in [0.05, 0.1) is 5.56 Å². The van der Waals surface area contributed by atoms with Crippen molar-refractivity contribution in [3.8, 4) is 0 Å². The van der Waals surface area contributed by atoms with Crippen LogP contribution in [0.5, 0.6) is 0 Å². The number of hydrogen-bond donors (Lipinski definition) is 1. The van der Waals surface area contributed by atoms with Crippen LogP contribution in [0.2, 0.25) is 0 Å². The summed E-state index contributed by atoms with van der Waals surface area (Å²) in [7, 11) is 0. The first kappa shape index (κ1) is 15.5. The zero-order valence-electron chi connectivity index (χ0n) is 11.4. The fourth-order valence-corrected chi connectivity index (χ4v) is 2.21. The molecule has 2 aromatic rings. The van der Waals surface area contributed by atoms with Gasteiger partial charge in [0.1, 0.15) is 5.82 Å². The van der Waals surface area contributed by atoms with Crippen LogP contribution in [-0.2, 0) is 18.1 Å². The molecule has 1 nitrogen and oxygen atoms in total. The first-order valence-electron chi connectivity index (χ1n) is 6.39. The van der Waals surface area contributed by atoms with Crippen molar-refractivity contribution < 1.29 is 17.6 Å². The third-order valence-electron chi connectivity index (χ3n) is 3.33. The Bertz CT molecular complexity index is 615. The summed E-state index contributed by atoms with van der Waals surface area (Å²) in [5.41, 5.74) is 5.75. The van der Waals surface area contributed by atoms with Gasteiger partial charge in [-0.1, -0.05) is 30.3 Å². The molecular formula is C16H15F4N. The van der Waals surface area contributed by atoms with Crippen LogP contribution in [0.3, 0.4) is 0 Å². The molecule has 0 saturated carbocycles. The Morgan fingerprint density at radius 1 is 0.952 bits per heavy atom. The lowest BCUT2D eigenvalue weighted by atomic mass is 9.86. The molecule has 0 saturated heterocycles. The molecular weight excluding hydrogens is 282 g/mol. The lowest BCUT2D eigenvalue weighted by Crippen LogP contribution is -2.35. The van der Waals surface area contributed by atoms with E-state index in [1.807, 2.05) is 0 Å². The molecule has 0 aliphatic carbocycles. The van der Waals surface area contributed by atoms with Gasteiger partial charge in [-0.2, -0.15) is 13.2 Å². The summed E-state index contributed by atoms with van der Waals surface area (Å²) in [6.07, 6.45) is -4.15. The van der Waals surface area contributed by atoms with Gasteiger partial charge in [-0.25, -0.2) is 4.39 Å². The van der Waals surface area contributed by atoms with E-state index in [-0.39, 0.29) is 12.2 Å². The van der Waals surface area contributed by atoms with Crippen LogP contribution in [0.15, 0.2) is 48.5 Å². The molecule has 0 aromatic heterocycles. The molecule has 1 atom stereocenters. The van der Waals surface area contributed by atoms with E-state index in [9.17, 15) is 17.6 Å². The molecule has 0 heterocycles. The van der Waals surface area contributed by atoms with Gasteiger partial charge in [-0.05, 0) is 42.7 Å². The highest BCUT2D eigenvalue weighted by atomic mass is 19.4. The van der Waals surface area contributed by atoms with Gasteiger partial charge in [0.2, 0.25) is 0 Å². The van der Waals surface area contributed by atoms with Gasteiger partial charge in [-0.3, -0.25) is 0 Å². The van der Waals surface area contributed by atoms with Gasteiger partial charge >= 0.3 is 6.18 Å². The Balaban J connectivity index is 2.26. The Morgan fingerprint density at radius 3 is 2.14 bits per heavy atom. The predicted molar refractivity (Wildman–Crippen MR) is 73.1 cm³/mol. The van der Waals surface area contributed by atoms with Crippen LogP contribution in [0, 0.1) is 5.82 Å². The number of hydrogen-bond acceptors (Lipinski definition) is 1. The van der Waals surface area contributed by atoms with Crippen molar-refractivity contribution in [2.45, 2.75) is 25.1 Å². The SMILES string of the molecule is CC(N)(Cc1cccc(C(F)(F)F)c1)c1ccc(F)cc1. The van der Waals surface area contributed by atoms with Crippen molar-refractivity contribution in [1.82, 2.24) is 0 Å². The Kier molecular flexibility index (Phi) is 4.05. The monoisotopic (exact) mass is 297 g/mol. The summed E-state index contributed by atoms with van der Waals surface area (Å²) in [4.78, 5) is 0. The van der Waals surface area contributed by atoms with E-state index in [0.29, 0.717) is 11.1 Å². The third-order valence-corrected chi connectivity index (χ3v) is 3.33. The van der Waals surface area contributed by atoms with Crippen LogP contribution < -0.4 is 5.73 Å². The molecule has 5 heteroatoms. The second-order valence-electron chi connectivity index (χ2n) is 5.30. The maximum atomic E-state index is 12.9. The number of nitrogens with two attached hydrogens (primary N) is 1. The van der Waals surface area contributed by atoms with Crippen molar-refractivity contribution in [2.24, 2.45) is 5.73 Å². The van der Waals surface area contributed by atoms with Crippen LogP contribution >= 0.6 is 0 Å². The van der Waals surface area contributed by atoms with Crippen LogP contribution in [0.4, 0.5) is 17.6 Å². The lowest BCUT2D eigenvalue weighted by molar-refractivity contribution is -0.137. The largest absolute Gasteiger partial charge is 0.416 e. The molecule has 0 aliphatic rings. The molecule has 0 spiro atoms. The third kappa shape index (κ3) is 3.82.